The Kier molecular flexibility index (Phi) is 4.74. The van der Waals surface area contributed by atoms with Gasteiger partial charge in [-0.25, -0.2) is 0 Å². The van der Waals surface area contributed by atoms with Gasteiger partial charge in [-0.1, -0.05) is 18.2 Å². The number of aryl methyl sites for hydroxylation is 2. The number of amides is 1. The zero-order chi connectivity index (χ0) is 16.4. The summed E-state index contributed by atoms with van der Waals surface area (Å²) in [7, 11) is 3.91. The fourth-order valence-corrected chi connectivity index (χ4v) is 3.97. The molecular weight excluding hydrogens is 288 g/mol. The van der Waals surface area contributed by atoms with Gasteiger partial charge >= 0.3 is 0 Å². The summed E-state index contributed by atoms with van der Waals surface area (Å²) in [5.41, 5.74) is 3.23. The van der Waals surface area contributed by atoms with E-state index in [-0.39, 0.29) is 5.91 Å². The number of fused-ring (bicyclic) bond motifs is 1. The topological polar surface area (TPSA) is 43.8 Å². The molecule has 1 N–H and O–H groups in total. The first-order chi connectivity index (χ1) is 11.0. The fraction of sp³-hybridized carbons (Fsp3) is 0.632. The smallest absolute Gasteiger partial charge is 0.227 e. The van der Waals surface area contributed by atoms with Crippen LogP contribution in [0.15, 0.2) is 18.2 Å². The third-order valence-electron chi connectivity index (χ3n) is 5.06. The van der Waals surface area contributed by atoms with Crippen LogP contribution in [0.4, 0.5) is 0 Å². The SMILES string of the molecule is CN(C)C[C@]1(O)CCN(C(=O)Cc2ccc3c(c2)CCCC3)C1. The summed E-state index contributed by atoms with van der Waals surface area (Å²) in [5.74, 6) is 0.135. The monoisotopic (exact) mass is 316 g/mol. The van der Waals surface area contributed by atoms with Crippen molar-refractivity contribution in [1.29, 1.82) is 0 Å². The Labute approximate surface area is 139 Å². The van der Waals surface area contributed by atoms with Crippen molar-refractivity contribution in [2.24, 2.45) is 0 Å². The molecule has 1 atom stereocenters. The Morgan fingerprint density at radius 2 is 2.00 bits per heavy atom. The second kappa shape index (κ2) is 6.62. The van der Waals surface area contributed by atoms with Gasteiger partial charge in [-0.3, -0.25) is 4.79 Å². The Balaban J connectivity index is 1.61. The molecule has 1 amide bonds. The maximum absolute atomic E-state index is 12.6. The van der Waals surface area contributed by atoms with Crippen molar-refractivity contribution >= 4 is 5.91 Å². The summed E-state index contributed by atoms with van der Waals surface area (Å²) in [5, 5.41) is 10.6. The van der Waals surface area contributed by atoms with E-state index in [0.717, 1.165) is 12.0 Å². The lowest BCUT2D eigenvalue weighted by Gasteiger charge is -2.26. The van der Waals surface area contributed by atoms with Gasteiger partial charge in [0.05, 0.1) is 18.6 Å². The minimum Gasteiger partial charge on any atom is -0.387 e. The zero-order valence-electron chi connectivity index (χ0n) is 14.3. The van der Waals surface area contributed by atoms with E-state index < -0.39 is 5.60 Å². The molecule has 3 rings (SSSR count). The Hall–Kier alpha value is -1.39. The first kappa shape index (κ1) is 16.5. The number of likely N-dealkylation sites (N-methyl/N-ethyl adjacent to an activating group) is 1. The second-order valence-corrected chi connectivity index (χ2v) is 7.51. The Bertz CT molecular complexity index is 585. The third kappa shape index (κ3) is 3.93. The van der Waals surface area contributed by atoms with Crippen LogP contribution in [-0.4, -0.2) is 60.1 Å². The molecule has 2 aliphatic rings. The highest BCUT2D eigenvalue weighted by Gasteiger charge is 2.38. The van der Waals surface area contributed by atoms with Crippen molar-refractivity contribution in [2.45, 2.75) is 44.1 Å². The van der Waals surface area contributed by atoms with Crippen molar-refractivity contribution in [3.8, 4) is 0 Å². The van der Waals surface area contributed by atoms with E-state index in [0.29, 0.717) is 32.5 Å². The quantitative estimate of drug-likeness (QED) is 0.918. The summed E-state index contributed by atoms with van der Waals surface area (Å²) < 4.78 is 0. The van der Waals surface area contributed by atoms with Crippen LogP contribution >= 0.6 is 0 Å². The molecule has 4 heteroatoms. The maximum atomic E-state index is 12.6. The number of carbonyl (C=O) groups is 1. The van der Waals surface area contributed by atoms with E-state index in [4.69, 9.17) is 0 Å². The number of likely N-dealkylation sites (tertiary alicyclic amines) is 1. The largest absolute Gasteiger partial charge is 0.387 e. The molecule has 0 bridgehead atoms. The molecular formula is C19H28N2O2. The number of hydrogen-bond acceptors (Lipinski definition) is 3. The minimum absolute atomic E-state index is 0.135. The van der Waals surface area contributed by atoms with Gasteiger partial charge in [-0.05, 0) is 62.9 Å². The molecule has 1 heterocycles. The number of hydrogen-bond donors (Lipinski definition) is 1. The second-order valence-electron chi connectivity index (χ2n) is 7.51. The number of β-amino-alcohol motifs (C(OH)–C–C–N with tert-alkyl or cyclic N) is 1. The van der Waals surface area contributed by atoms with E-state index >= 15 is 0 Å². The lowest BCUT2D eigenvalue weighted by Crippen LogP contribution is -2.43. The number of rotatable bonds is 4. The molecule has 23 heavy (non-hydrogen) atoms. The van der Waals surface area contributed by atoms with E-state index in [1.807, 2.05) is 23.9 Å². The highest BCUT2D eigenvalue weighted by Crippen LogP contribution is 2.25. The van der Waals surface area contributed by atoms with Crippen LogP contribution in [0.1, 0.15) is 36.0 Å². The van der Waals surface area contributed by atoms with E-state index in [1.165, 1.54) is 30.4 Å². The van der Waals surface area contributed by atoms with Crippen molar-refractivity contribution in [3.05, 3.63) is 34.9 Å². The van der Waals surface area contributed by atoms with Gasteiger partial charge in [0.15, 0.2) is 0 Å². The molecule has 1 fully saturated rings. The standard InChI is InChI=1S/C19H28N2O2/c1-20(2)13-19(23)9-10-21(14-19)18(22)12-15-7-8-16-5-3-4-6-17(16)11-15/h7-8,11,23H,3-6,9-10,12-14H2,1-2H3/t19-/m1/s1. The summed E-state index contributed by atoms with van der Waals surface area (Å²) in [6.45, 7) is 1.72. The summed E-state index contributed by atoms with van der Waals surface area (Å²) in [6.07, 6.45) is 5.97. The number of benzene rings is 1. The predicted octanol–water partition coefficient (Wildman–Crippen LogP) is 1.63. The van der Waals surface area contributed by atoms with Gasteiger partial charge in [0.1, 0.15) is 0 Å². The molecule has 126 valence electrons. The normalized spacial score (nSPS) is 24.1. The van der Waals surface area contributed by atoms with Gasteiger partial charge in [0.25, 0.3) is 0 Å². The van der Waals surface area contributed by atoms with Gasteiger partial charge in [0, 0.05) is 13.1 Å². The highest BCUT2D eigenvalue weighted by molar-refractivity contribution is 5.79. The van der Waals surface area contributed by atoms with Crippen LogP contribution in [0.5, 0.6) is 0 Å². The molecule has 1 aromatic carbocycles. The highest BCUT2D eigenvalue weighted by atomic mass is 16.3. The van der Waals surface area contributed by atoms with Crippen molar-refractivity contribution < 1.29 is 9.90 Å². The zero-order valence-corrected chi connectivity index (χ0v) is 14.3. The predicted molar refractivity (Wildman–Crippen MR) is 91.5 cm³/mol. The van der Waals surface area contributed by atoms with Crippen LogP contribution in [0, 0.1) is 0 Å². The van der Waals surface area contributed by atoms with Crippen molar-refractivity contribution in [3.63, 3.8) is 0 Å². The van der Waals surface area contributed by atoms with Crippen molar-refractivity contribution in [1.82, 2.24) is 9.80 Å². The Morgan fingerprint density at radius 1 is 1.26 bits per heavy atom. The number of carbonyl (C=O) groups excluding carboxylic acids is 1. The summed E-state index contributed by atoms with van der Waals surface area (Å²) in [6, 6.07) is 6.52. The minimum atomic E-state index is -0.755. The molecule has 1 aromatic rings. The van der Waals surface area contributed by atoms with Gasteiger partial charge in [-0.2, -0.15) is 0 Å². The molecule has 1 aliphatic heterocycles. The molecule has 1 aliphatic carbocycles. The lowest BCUT2D eigenvalue weighted by molar-refractivity contribution is -0.130. The van der Waals surface area contributed by atoms with Crippen LogP contribution in [0.25, 0.3) is 0 Å². The molecule has 0 aromatic heterocycles. The first-order valence-electron chi connectivity index (χ1n) is 8.71. The number of nitrogens with zero attached hydrogens (tertiary/aromatic N) is 2. The van der Waals surface area contributed by atoms with E-state index in [2.05, 4.69) is 18.2 Å². The molecule has 0 spiro atoms. The van der Waals surface area contributed by atoms with Crippen LogP contribution < -0.4 is 0 Å². The summed E-state index contributed by atoms with van der Waals surface area (Å²) >= 11 is 0. The number of aliphatic hydroxyl groups is 1. The Morgan fingerprint density at radius 3 is 2.74 bits per heavy atom. The third-order valence-corrected chi connectivity index (χ3v) is 5.06. The van der Waals surface area contributed by atoms with Crippen LogP contribution in [0.2, 0.25) is 0 Å². The molecule has 0 unspecified atom stereocenters. The van der Waals surface area contributed by atoms with E-state index in [1.54, 1.807) is 0 Å². The van der Waals surface area contributed by atoms with Gasteiger partial charge in [-0.15, -0.1) is 0 Å². The summed E-state index contributed by atoms with van der Waals surface area (Å²) in [4.78, 5) is 16.4. The van der Waals surface area contributed by atoms with Gasteiger partial charge < -0.3 is 14.9 Å². The maximum Gasteiger partial charge on any atom is 0.227 e. The average molecular weight is 316 g/mol. The van der Waals surface area contributed by atoms with Crippen LogP contribution in [0.3, 0.4) is 0 Å². The van der Waals surface area contributed by atoms with Gasteiger partial charge in [0.2, 0.25) is 5.91 Å². The van der Waals surface area contributed by atoms with Crippen LogP contribution in [-0.2, 0) is 24.1 Å². The fourth-order valence-electron chi connectivity index (χ4n) is 3.97. The van der Waals surface area contributed by atoms with E-state index in [9.17, 15) is 9.90 Å². The average Bonchev–Trinajstić information content (AvgIpc) is 2.88. The molecule has 1 saturated heterocycles. The lowest BCUT2D eigenvalue weighted by atomic mass is 9.90. The molecule has 0 radical (unpaired) electrons. The molecule has 4 nitrogen and oxygen atoms in total. The van der Waals surface area contributed by atoms with Crippen molar-refractivity contribution in [2.75, 3.05) is 33.7 Å². The first-order valence-corrected chi connectivity index (χ1v) is 8.71. The molecule has 0 saturated carbocycles.